The maximum atomic E-state index is 14.7. The van der Waals surface area contributed by atoms with Gasteiger partial charge in [-0.15, -0.1) is 0 Å². The van der Waals surface area contributed by atoms with E-state index in [0.29, 0.717) is 11.4 Å². The number of benzene rings is 1. The van der Waals surface area contributed by atoms with E-state index in [-0.39, 0.29) is 5.82 Å². The summed E-state index contributed by atoms with van der Waals surface area (Å²) in [6.07, 6.45) is 2.42. The van der Waals surface area contributed by atoms with Crippen molar-refractivity contribution in [2.24, 2.45) is 5.92 Å². The maximum absolute atomic E-state index is 14.7. The van der Waals surface area contributed by atoms with Gasteiger partial charge in [0.1, 0.15) is 5.82 Å². The molecule has 0 saturated carbocycles. The number of rotatable bonds is 2. The predicted molar refractivity (Wildman–Crippen MR) is 92.7 cm³/mol. The largest absolute Gasteiger partial charge is 0.497 e. The molecule has 1 aromatic rings. The van der Waals surface area contributed by atoms with Crippen LogP contribution in [-0.4, -0.2) is 31.4 Å². The van der Waals surface area contributed by atoms with Gasteiger partial charge >= 0.3 is 7.12 Å². The van der Waals surface area contributed by atoms with Crippen molar-refractivity contribution in [3.63, 3.8) is 0 Å². The Morgan fingerprint density at radius 3 is 2.39 bits per heavy atom. The molecule has 0 radical (unpaired) electrons. The zero-order valence-electron chi connectivity index (χ0n) is 14.9. The summed E-state index contributed by atoms with van der Waals surface area (Å²) in [6, 6.07) is 5.42. The zero-order chi connectivity index (χ0) is 16.8. The Kier molecular flexibility index (Phi) is 4.22. The predicted octanol–water partition coefficient (Wildman–Crippen LogP) is 3.36. The smallest absolute Gasteiger partial charge is 0.399 e. The minimum absolute atomic E-state index is 0.251. The summed E-state index contributed by atoms with van der Waals surface area (Å²) in [7, 11) is -0.644. The first-order chi connectivity index (χ1) is 10.7. The van der Waals surface area contributed by atoms with E-state index in [1.807, 2.05) is 39.8 Å². The maximum Gasteiger partial charge on any atom is 0.497 e. The summed E-state index contributed by atoms with van der Waals surface area (Å²) in [5.41, 5.74) is 0.530. The van der Waals surface area contributed by atoms with Gasteiger partial charge in [0.2, 0.25) is 0 Å². The average molecular weight is 319 g/mol. The van der Waals surface area contributed by atoms with Crippen LogP contribution in [0.25, 0.3) is 0 Å². The lowest BCUT2D eigenvalue weighted by Crippen LogP contribution is -2.41. The van der Waals surface area contributed by atoms with E-state index in [2.05, 4.69) is 11.8 Å². The van der Waals surface area contributed by atoms with Crippen LogP contribution in [0.15, 0.2) is 18.2 Å². The number of hydrogen-bond donors (Lipinski definition) is 0. The standard InChI is InChI=1S/C18H27BFNO2/c1-13-7-6-10-21(12-13)14-8-9-15(16(20)11-14)19-22-17(2,3)18(4,5)23-19/h8-9,11,13H,6-7,10,12H2,1-5H3. The normalized spacial score (nSPS) is 26.6. The van der Waals surface area contributed by atoms with Crippen molar-refractivity contribution in [1.29, 1.82) is 0 Å². The molecule has 0 bridgehead atoms. The van der Waals surface area contributed by atoms with Gasteiger partial charge in [-0.1, -0.05) is 13.0 Å². The molecule has 5 heteroatoms. The van der Waals surface area contributed by atoms with E-state index in [1.54, 1.807) is 6.07 Å². The molecule has 23 heavy (non-hydrogen) atoms. The quantitative estimate of drug-likeness (QED) is 0.780. The van der Waals surface area contributed by atoms with Crippen LogP contribution >= 0.6 is 0 Å². The van der Waals surface area contributed by atoms with Crippen molar-refractivity contribution in [2.45, 2.75) is 58.7 Å². The van der Waals surface area contributed by atoms with E-state index in [4.69, 9.17) is 9.31 Å². The molecule has 2 saturated heterocycles. The monoisotopic (exact) mass is 319 g/mol. The fourth-order valence-electron chi connectivity index (χ4n) is 3.30. The van der Waals surface area contributed by atoms with Crippen molar-refractivity contribution in [3.05, 3.63) is 24.0 Å². The number of anilines is 1. The SMILES string of the molecule is CC1CCCN(c2ccc(B3OC(C)(C)C(C)(C)O3)c(F)c2)C1. The van der Waals surface area contributed by atoms with E-state index in [9.17, 15) is 4.39 Å². The van der Waals surface area contributed by atoms with Gasteiger partial charge in [0.25, 0.3) is 0 Å². The van der Waals surface area contributed by atoms with E-state index >= 15 is 0 Å². The molecule has 2 fully saturated rings. The molecule has 0 aromatic heterocycles. The van der Waals surface area contributed by atoms with Gasteiger partial charge in [0.05, 0.1) is 11.2 Å². The van der Waals surface area contributed by atoms with Gasteiger partial charge in [-0.2, -0.15) is 0 Å². The van der Waals surface area contributed by atoms with Crippen molar-refractivity contribution in [1.82, 2.24) is 0 Å². The summed E-state index contributed by atoms with van der Waals surface area (Å²) >= 11 is 0. The molecule has 1 unspecified atom stereocenters. The Morgan fingerprint density at radius 1 is 1.17 bits per heavy atom. The highest BCUT2D eigenvalue weighted by molar-refractivity contribution is 6.62. The molecule has 0 amide bonds. The van der Waals surface area contributed by atoms with Crippen LogP contribution in [0.2, 0.25) is 0 Å². The van der Waals surface area contributed by atoms with Gasteiger partial charge in [0, 0.05) is 24.2 Å². The summed E-state index contributed by atoms with van der Waals surface area (Å²) in [5.74, 6) is 0.411. The Labute approximate surface area is 139 Å². The second kappa shape index (κ2) is 5.78. The van der Waals surface area contributed by atoms with Gasteiger partial charge in [0.15, 0.2) is 0 Å². The molecule has 2 heterocycles. The molecule has 3 rings (SSSR count). The zero-order valence-corrected chi connectivity index (χ0v) is 14.9. The number of halogens is 1. The lowest BCUT2D eigenvalue weighted by Gasteiger charge is -2.33. The van der Waals surface area contributed by atoms with Gasteiger partial charge in [-0.3, -0.25) is 0 Å². The minimum atomic E-state index is -0.644. The molecule has 2 aliphatic heterocycles. The first-order valence-electron chi connectivity index (χ1n) is 8.60. The number of nitrogens with zero attached hydrogens (tertiary/aromatic N) is 1. The number of hydrogen-bond acceptors (Lipinski definition) is 3. The topological polar surface area (TPSA) is 21.7 Å². The second-order valence-electron chi connectivity index (χ2n) is 7.99. The molecular weight excluding hydrogens is 292 g/mol. The molecule has 1 aromatic carbocycles. The third-order valence-electron chi connectivity index (χ3n) is 5.51. The summed E-state index contributed by atoms with van der Waals surface area (Å²) in [4.78, 5) is 2.27. The van der Waals surface area contributed by atoms with E-state index < -0.39 is 18.3 Å². The van der Waals surface area contributed by atoms with Crippen molar-refractivity contribution in [2.75, 3.05) is 18.0 Å². The molecule has 0 spiro atoms. The average Bonchev–Trinajstić information content (AvgIpc) is 2.67. The van der Waals surface area contributed by atoms with Crippen molar-refractivity contribution in [3.8, 4) is 0 Å². The van der Waals surface area contributed by atoms with Crippen molar-refractivity contribution < 1.29 is 13.7 Å². The Bertz CT molecular complexity index is 574. The van der Waals surface area contributed by atoms with Crippen LogP contribution in [0, 0.1) is 11.7 Å². The highest BCUT2D eigenvalue weighted by Crippen LogP contribution is 2.36. The van der Waals surface area contributed by atoms with E-state index in [1.165, 1.54) is 12.8 Å². The summed E-state index contributed by atoms with van der Waals surface area (Å²) in [6.45, 7) is 12.2. The molecule has 0 aliphatic carbocycles. The minimum Gasteiger partial charge on any atom is -0.399 e. The molecule has 0 N–H and O–H groups in total. The number of piperidine rings is 1. The third-order valence-corrected chi connectivity index (χ3v) is 5.51. The van der Waals surface area contributed by atoms with Crippen LogP contribution in [0.3, 0.4) is 0 Å². The lowest BCUT2D eigenvalue weighted by atomic mass is 9.78. The van der Waals surface area contributed by atoms with Gasteiger partial charge < -0.3 is 14.2 Å². The van der Waals surface area contributed by atoms with Crippen LogP contribution < -0.4 is 10.4 Å². The molecular formula is C18H27BFNO2. The van der Waals surface area contributed by atoms with Crippen LogP contribution in [0.4, 0.5) is 10.1 Å². The first kappa shape index (κ1) is 16.8. The fraction of sp³-hybridized carbons (Fsp3) is 0.667. The van der Waals surface area contributed by atoms with E-state index in [0.717, 1.165) is 18.8 Å². The Morgan fingerprint density at radius 2 is 1.83 bits per heavy atom. The molecule has 1 atom stereocenters. The molecule has 2 aliphatic rings. The first-order valence-corrected chi connectivity index (χ1v) is 8.60. The Balaban J connectivity index is 1.81. The summed E-state index contributed by atoms with van der Waals surface area (Å²) < 4.78 is 26.6. The van der Waals surface area contributed by atoms with Crippen molar-refractivity contribution >= 4 is 18.3 Å². The van der Waals surface area contributed by atoms with Gasteiger partial charge in [-0.25, -0.2) is 4.39 Å². The summed E-state index contributed by atoms with van der Waals surface area (Å²) in [5, 5.41) is 0. The highest BCUT2D eigenvalue weighted by atomic mass is 19.1. The molecule has 126 valence electrons. The van der Waals surface area contributed by atoms with Gasteiger partial charge in [-0.05, 0) is 58.6 Å². The second-order valence-corrected chi connectivity index (χ2v) is 7.99. The van der Waals surface area contributed by atoms with Crippen LogP contribution in [0.1, 0.15) is 47.5 Å². The highest BCUT2D eigenvalue weighted by Gasteiger charge is 2.52. The molecule has 3 nitrogen and oxygen atoms in total. The Hall–Kier alpha value is -1.07. The third kappa shape index (κ3) is 3.13. The fourth-order valence-corrected chi connectivity index (χ4v) is 3.30. The lowest BCUT2D eigenvalue weighted by molar-refractivity contribution is 0.00578. The van der Waals surface area contributed by atoms with Crippen LogP contribution in [0.5, 0.6) is 0 Å². The van der Waals surface area contributed by atoms with Crippen LogP contribution in [-0.2, 0) is 9.31 Å².